The summed E-state index contributed by atoms with van der Waals surface area (Å²) in [5.41, 5.74) is 29.6. The Morgan fingerprint density at radius 3 is 0.938 bits per heavy atom. The molecule has 0 aliphatic heterocycles. The molecule has 14 rings (SSSR count). The molecule has 0 saturated carbocycles. The van der Waals surface area contributed by atoms with Crippen molar-refractivity contribution in [3.63, 3.8) is 0 Å². The molecule has 6 unspecified atom stereocenters. The summed E-state index contributed by atoms with van der Waals surface area (Å²) in [5, 5.41) is 41.2. The first kappa shape index (κ1) is 105. The largest absolute Gasteiger partial charge is 0.393 e. The van der Waals surface area contributed by atoms with E-state index < -0.39 is 12.2 Å². The number of hydrogen-bond acceptors (Lipinski definition) is 7. The molecule has 0 amide bonds. The van der Waals surface area contributed by atoms with Crippen LogP contribution in [0.1, 0.15) is 381 Å². The van der Waals surface area contributed by atoms with Crippen LogP contribution in [0.2, 0.25) is 0 Å². The first-order valence-electron chi connectivity index (χ1n) is 51.4. The molecule has 4 N–H and O–H groups in total. The molecule has 11 aromatic rings. The fraction of sp³-hybridized carbons (Fsp3) is 0.504. The van der Waals surface area contributed by atoms with Gasteiger partial charge in [-0.05, 0) is 233 Å². The number of thiophene rings is 1. The number of aromatic nitrogens is 2. The van der Waals surface area contributed by atoms with Gasteiger partial charge in [-0.2, -0.15) is 0 Å². The number of rotatable bonds is 54. The monoisotopic (exact) mass is 2120 g/mol. The predicted octanol–water partition coefficient (Wildman–Crippen LogP) is 34.3. The summed E-state index contributed by atoms with van der Waals surface area (Å²) in [6, 6.07) is 80.5. The number of aryl methyl sites for hydroxylation is 2. The summed E-state index contributed by atoms with van der Waals surface area (Å²) >= 11 is 1.73. The molecule has 0 spiro atoms. The molecule has 2 radical (unpaired) electrons. The van der Waals surface area contributed by atoms with Crippen molar-refractivity contribution in [2.24, 2.45) is 0 Å². The van der Waals surface area contributed by atoms with Crippen molar-refractivity contribution in [1.29, 1.82) is 0 Å². The smallest absolute Gasteiger partial charge is 0.0564 e. The summed E-state index contributed by atoms with van der Waals surface area (Å²) in [6.07, 6.45) is 57.3. The first-order valence-corrected chi connectivity index (χ1v) is 52.2. The number of fused-ring (bicyclic) bond motifs is 10. The number of aliphatic hydroxyl groups excluding tert-OH is 4. The van der Waals surface area contributed by atoms with Crippen LogP contribution in [-0.4, -0.2) is 54.8 Å². The quantitative estimate of drug-likeness (QED) is 0.0224. The maximum absolute atomic E-state index is 10.3. The summed E-state index contributed by atoms with van der Waals surface area (Å²) < 4.78 is 1.26. The topological polar surface area (TPSA) is 107 Å². The Labute approximate surface area is 817 Å². The van der Waals surface area contributed by atoms with E-state index in [9.17, 15) is 20.4 Å². The molecule has 0 bridgehead atoms. The number of unbranched alkanes of at least 4 members (excludes halogenated alkanes) is 30. The Morgan fingerprint density at radius 2 is 0.615 bits per heavy atom. The maximum Gasteiger partial charge on any atom is 0.0564 e. The molecule has 3 heterocycles. The van der Waals surface area contributed by atoms with Crippen LogP contribution in [0.4, 0.5) is 0 Å². The van der Waals surface area contributed by atoms with E-state index in [1.54, 1.807) is 64.8 Å². The van der Waals surface area contributed by atoms with E-state index >= 15 is 0 Å². The SMILES string of the molecule is CCCCCCCCC1(CCCCCCCC)c2cc(-c3ccc4c(c3)C(CCCCCC)(CCCCCCCCCCC(O)CC(C)O)c3cc(C)ccc3-4)ccc2-c2ccc(-c3ccc4c(c3)C(CCCCCC)(CCCCCCCCCCC(O)CC(C)O)c3cc(C)ccc3-4)cc21.[Ir].[Ir].[c-]1c(-c2ccccn2)sc2ccccc12.[c-]1ccccc1-c1ccccn1. The van der Waals surface area contributed by atoms with Crippen LogP contribution < -0.4 is 0 Å². The third-order valence-corrected chi connectivity index (χ3v) is 29.9. The average molecular weight is 2120 g/mol. The molecule has 6 nitrogen and oxygen atoms in total. The zero-order valence-electron chi connectivity index (χ0n) is 80.7. The van der Waals surface area contributed by atoms with Crippen molar-refractivity contribution in [2.45, 2.75) is 391 Å². The summed E-state index contributed by atoms with van der Waals surface area (Å²) in [7, 11) is 0. The van der Waals surface area contributed by atoms with Gasteiger partial charge in [0.05, 0.1) is 24.4 Å². The van der Waals surface area contributed by atoms with Crippen molar-refractivity contribution in [3.8, 4) is 77.5 Å². The van der Waals surface area contributed by atoms with Gasteiger partial charge < -0.3 is 30.4 Å². The fourth-order valence-corrected chi connectivity index (χ4v) is 22.9. The molecule has 9 heteroatoms. The van der Waals surface area contributed by atoms with E-state index in [-0.39, 0.29) is 68.7 Å². The maximum atomic E-state index is 10.3. The molecule has 3 aliphatic rings. The van der Waals surface area contributed by atoms with Gasteiger partial charge in [-0.15, -0.1) is 59.5 Å². The summed E-state index contributed by atoms with van der Waals surface area (Å²) in [5.74, 6) is 0. The number of pyridine rings is 2. The predicted molar refractivity (Wildman–Crippen MR) is 548 cm³/mol. The Bertz CT molecular complexity index is 4800. The van der Waals surface area contributed by atoms with Gasteiger partial charge in [0, 0.05) is 74.5 Å². The molecule has 0 saturated heterocycles. The molecule has 0 fully saturated rings. The van der Waals surface area contributed by atoms with E-state index in [0.717, 1.165) is 47.5 Å². The van der Waals surface area contributed by atoms with E-state index in [4.69, 9.17) is 0 Å². The molecule has 702 valence electrons. The fourth-order valence-electron chi connectivity index (χ4n) is 21.9. The van der Waals surface area contributed by atoms with E-state index in [1.165, 1.54) is 334 Å². The van der Waals surface area contributed by atoms with Gasteiger partial charge in [-0.1, -0.05) is 391 Å². The van der Waals surface area contributed by atoms with Crippen molar-refractivity contribution in [2.75, 3.05) is 0 Å². The van der Waals surface area contributed by atoms with Gasteiger partial charge in [-0.3, -0.25) is 0 Å². The zero-order chi connectivity index (χ0) is 89.8. The second kappa shape index (κ2) is 55.2. The Morgan fingerprint density at radius 1 is 0.315 bits per heavy atom. The van der Waals surface area contributed by atoms with Crippen molar-refractivity contribution < 1.29 is 60.6 Å². The third-order valence-electron chi connectivity index (χ3n) is 28.8. The number of benzene rings is 8. The minimum absolute atomic E-state index is 0. The third kappa shape index (κ3) is 28.9. The van der Waals surface area contributed by atoms with Gasteiger partial charge in [-0.25, -0.2) is 11.3 Å². The second-order valence-electron chi connectivity index (χ2n) is 39.0. The van der Waals surface area contributed by atoms with E-state index in [0.29, 0.717) is 12.8 Å². The van der Waals surface area contributed by atoms with E-state index in [2.05, 4.69) is 191 Å². The Hall–Kier alpha value is -6.84. The van der Waals surface area contributed by atoms with Gasteiger partial charge >= 0.3 is 0 Å². The van der Waals surface area contributed by atoms with Crippen LogP contribution >= 0.6 is 11.3 Å². The summed E-state index contributed by atoms with van der Waals surface area (Å²) in [4.78, 5) is 9.65. The number of hydrogen-bond donors (Lipinski definition) is 4. The van der Waals surface area contributed by atoms with Crippen molar-refractivity contribution in [3.05, 3.63) is 263 Å². The van der Waals surface area contributed by atoms with E-state index in [1.807, 2.05) is 72.9 Å². The molecule has 8 aromatic carbocycles. The van der Waals surface area contributed by atoms with Crippen molar-refractivity contribution >= 4 is 21.4 Å². The van der Waals surface area contributed by atoms with Crippen LogP contribution in [-0.2, 0) is 56.5 Å². The molecule has 6 atom stereocenters. The minimum Gasteiger partial charge on any atom is -0.393 e. The molecule has 130 heavy (non-hydrogen) atoms. The van der Waals surface area contributed by atoms with Crippen LogP contribution in [0.5, 0.6) is 0 Å². The van der Waals surface area contributed by atoms with Crippen LogP contribution in [0.25, 0.3) is 87.5 Å². The normalized spacial score (nSPS) is 15.6. The first-order chi connectivity index (χ1) is 62.6. The van der Waals surface area contributed by atoms with Gasteiger partial charge in [0.1, 0.15) is 0 Å². The van der Waals surface area contributed by atoms with Gasteiger partial charge in [0.25, 0.3) is 0 Å². The van der Waals surface area contributed by atoms with Crippen LogP contribution in [0.3, 0.4) is 0 Å². The van der Waals surface area contributed by atoms with Gasteiger partial charge in [0.2, 0.25) is 0 Å². The Balaban J connectivity index is 0.000000508. The van der Waals surface area contributed by atoms with Crippen molar-refractivity contribution in [1.82, 2.24) is 9.97 Å². The molecular formula is C121H158Ir2N2O4S-2. The standard InChI is InChI=1S/C97H142O4.C13H8NS.C11H8N.2Ir/c1-9-13-17-21-33-41-63-97(64-42-34-22-18-14-10-2)93-71-79(77-49-55-85-83-53-47-73(5)65-89(83)95(91(85)69-77,59-39-19-15-11-3)61-43-35-29-25-23-27-31-37-45-81(100)67-75(7)98)51-57-87(93)88-58-52-80(72-94(88)97)78-50-56-86-84-54-48-74(6)66-90(84)96(92(86)70-78,60-40-20-16-12-4)62-44-36-30-26-24-28-32-38-46-82(101)68-76(8)99;1-2-7-12-10(5-1)9-13(15-12)11-6-3-4-8-14-11;1-2-6-10(7-3-1)11-8-4-5-9-12-11;;/h47-58,65-66,69-72,75-76,81-82,98-101H,9-46,59-64,67-68H2,1-8H3;1-8H;1-6,8-9H;;/q;2*-1;;. The second-order valence-corrected chi connectivity index (χ2v) is 40.1. The molecule has 3 aromatic heterocycles. The number of aliphatic hydroxyl groups is 4. The zero-order valence-corrected chi connectivity index (χ0v) is 86.3. The molecular weight excluding hydrogens is 1960 g/mol. The minimum atomic E-state index is -0.432. The average Bonchev–Trinajstić information content (AvgIpc) is 1.59. The number of nitrogens with zero attached hydrogens (tertiary/aromatic N) is 2. The Kier molecular flexibility index (Phi) is 44.7. The van der Waals surface area contributed by atoms with Crippen LogP contribution in [0, 0.1) is 26.0 Å². The van der Waals surface area contributed by atoms with Gasteiger partial charge in [0.15, 0.2) is 0 Å². The molecule has 3 aliphatic carbocycles. The summed E-state index contributed by atoms with van der Waals surface area (Å²) in [6.45, 7) is 17.6. The van der Waals surface area contributed by atoms with Crippen LogP contribution in [0.15, 0.2) is 207 Å².